The molecular weight excluding hydrogens is 380 g/mol. The van der Waals surface area contributed by atoms with Crippen LogP contribution in [0.15, 0.2) is 54.6 Å². The lowest BCUT2D eigenvalue weighted by atomic mass is 10.0. The number of nitrogens with zero attached hydrogens (tertiary/aromatic N) is 1. The van der Waals surface area contributed by atoms with Crippen molar-refractivity contribution in [1.82, 2.24) is 10.2 Å². The molecule has 0 saturated carbocycles. The molecule has 0 aromatic heterocycles. The van der Waals surface area contributed by atoms with Crippen molar-refractivity contribution in [3.05, 3.63) is 65.2 Å². The Balaban J connectivity index is 1.43. The Kier molecular flexibility index (Phi) is 6.91. The van der Waals surface area contributed by atoms with Crippen LogP contribution >= 0.6 is 11.6 Å². The third-order valence-corrected chi connectivity index (χ3v) is 5.07. The summed E-state index contributed by atoms with van der Waals surface area (Å²) in [5, 5.41) is 24.7. The van der Waals surface area contributed by atoms with Gasteiger partial charge in [0.25, 0.3) is 0 Å². The van der Waals surface area contributed by atoms with Gasteiger partial charge in [0.1, 0.15) is 24.1 Å². The molecule has 0 aliphatic carbocycles. The second-order valence-corrected chi connectivity index (χ2v) is 7.47. The first-order valence-corrected chi connectivity index (χ1v) is 9.65. The van der Waals surface area contributed by atoms with Crippen molar-refractivity contribution in [1.29, 1.82) is 0 Å². The number of benzene rings is 2. The molecule has 2 atom stereocenters. The van der Waals surface area contributed by atoms with Crippen LogP contribution in [-0.2, 0) is 11.2 Å². The molecule has 3 rings (SSSR count). The van der Waals surface area contributed by atoms with Crippen LogP contribution < -0.4 is 10.1 Å². The highest BCUT2D eigenvalue weighted by molar-refractivity contribution is 6.30. The molecule has 1 aliphatic heterocycles. The van der Waals surface area contributed by atoms with Crippen LogP contribution in [-0.4, -0.2) is 65.5 Å². The average molecular weight is 405 g/mol. The molecule has 1 saturated heterocycles. The quantitative estimate of drug-likeness (QED) is 0.581. The van der Waals surface area contributed by atoms with Gasteiger partial charge in [0.15, 0.2) is 0 Å². The number of hydrogen-bond donors (Lipinski definition) is 3. The van der Waals surface area contributed by atoms with E-state index in [0.717, 1.165) is 11.3 Å². The van der Waals surface area contributed by atoms with E-state index in [0.29, 0.717) is 18.2 Å². The molecule has 0 spiro atoms. The van der Waals surface area contributed by atoms with E-state index in [1.807, 2.05) is 30.3 Å². The molecule has 2 aromatic rings. The molecule has 28 heavy (non-hydrogen) atoms. The summed E-state index contributed by atoms with van der Waals surface area (Å²) >= 11 is 5.86. The van der Waals surface area contributed by atoms with Crippen LogP contribution in [0.3, 0.4) is 0 Å². The first-order valence-electron chi connectivity index (χ1n) is 9.27. The van der Waals surface area contributed by atoms with Gasteiger partial charge in [-0.2, -0.15) is 0 Å². The molecule has 1 amide bonds. The first kappa shape index (κ1) is 20.6. The maximum absolute atomic E-state index is 12.5. The van der Waals surface area contributed by atoms with Crippen molar-refractivity contribution in [3.8, 4) is 5.75 Å². The van der Waals surface area contributed by atoms with E-state index in [-0.39, 0.29) is 32.0 Å². The van der Waals surface area contributed by atoms with E-state index in [9.17, 15) is 15.0 Å². The van der Waals surface area contributed by atoms with Crippen molar-refractivity contribution < 1.29 is 19.7 Å². The Morgan fingerprint density at radius 1 is 1.21 bits per heavy atom. The lowest BCUT2D eigenvalue weighted by Crippen LogP contribution is -2.50. The Bertz CT molecular complexity index is 772. The van der Waals surface area contributed by atoms with Crippen LogP contribution in [0.5, 0.6) is 5.75 Å². The number of halogens is 1. The van der Waals surface area contributed by atoms with Gasteiger partial charge in [-0.25, -0.2) is 0 Å². The molecule has 1 fully saturated rings. The van der Waals surface area contributed by atoms with Gasteiger partial charge in [-0.05, 0) is 29.8 Å². The summed E-state index contributed by atoms with van der Waals surface area (Å²) in [5.41, 5.74) is -0.530. The Hall–Kier alpha value is -2.12. The topological polar surface area (TPSA) is 82.0 Å². The number of carbonyl (C=O) groups excluding carboxylic acids is 1. The zero-order valence-corrected chi connectivity index (χ0v) is 16.3. The first-order chi connectivity index (χ1) is 13.5. The summed E-state index contributed by atoms with van der Waals surface area (Å²) < 4.78 is 5.58. The minimum absolute atomic E-state index is 0.0904. The molecule has 0 bridgehead atoms. The summed E-state index contributed by atoms with van der Waals surface area (Å²) in [6.07, 6.45) is -0.789. The van der Waals surface area contributed by atoms with E-state index < -0.39 is 11.7 Å². The summed E-state index contributed by atoms with van der Waals surface area (Å²) in [5.74, 6) is 0.646. The van der Waals surface area contributed by atoms with Gasteiger partial charge in [0, 0.05) is 24.7 Å². The Morgan fingerprint density at radius 2 is 1.93 bits per heavy atom. The number of likely N-dealkylation sites (tertiary alicyclic amines) is 1. The van der Waals surface area contributed by atoms with Crippen molar-refractivity contribution in [2.24, 2.45) is 0 Å². The van der Waals surface area contributed by atoms with E-state index in [4.69, 9.17) is 16.3 Å². The van der Waals surface area contributed by atoms with Crippen LogP contribution in [0.1, 0.15) is 5.56 Å². The van der Waals surface area contributed by atoms with Crippen LogP contribution in [0.25, 0.3) is 0 Å². The molecule has 1 aliphatic rings. The normalized spacial score (nSPS) is 21.7. The van der Waals surface area contributed by atoms with E-state index in [1.54, 1.807) is 24.3 Å². The molecule has 0 radical (unpaired) electrons. The number of rotatable bonds is 8. The third-order valence-electron chi connectivity index (χ3n) is 4.82. The number of aliphatic hydroxyl groups is 2. The minimum Gasteiger partial charge on any atom is -0.492 e. The number of para-hydroxylation sites is 1. The smallest absolute Gasteiger partial charge is 0.227 e. The van der Waals surface area contributed by atoms with E-state index in [2.05, 4.69) is 5.32 Å². The monoisotopic (exact) mass is 404 g/mol. The second kappa shape index (κ2) is 9.39. The van der Waals surface area contributed by atoms with Crippen molar-refractivity contribution in [2.45, 2.75) is 18.1 Å². The Labute approximate surface area is 169 Å². The van der Waals surface area contributed by atoms with Gasteiger partial charge in [0.2, 0.25) is 5.91 Å². The highest BCUT2D eigenvalue weighted by Crippen LogP contribution is 2.22. The van der Waals surface area contributed by atoms with E-state index in [1.165, 1.54) is 4.90 Å². The van der Waals surface area contributed by atoms with Gasteiger partial charge in [-0.3, -0.25) is 4.79 Å². The minimum atomic E-state index is -1.37. The fourth-order valence-corrected chi connectivity index (χ4v) is 3.32. The summed E-state index contributed by atoms with van der Waals surface area (Å²) in [6, 6.07) is 16.5. The second-order valence-electron chi connectivity index (χ2n) is 7.04. The SMILES string of the molecule is O=C(Cc1ccc(Cl)cc1)N1C[C@@H](O)[C@](O)(CNCCOc2ccccc2)C1. The number of aliphatic hydroxyl groups excluding tert-OH is 1. The van der Waals surface area contributed by atoms with Crippen LogP contribution in [0.2, 0.25) is 5.02 Å². The largest absolute Gasteiger partial charge is 0.492 e. The van der Waals surface area contributed by atoms with Gasteiger partial charge >= 0.3 is 0 Å². The maximum Gasteiger partial charge on any atom is 0.227 e. The number of ether oxygens (including phenoxy) is 1. The maximum atomic E-state index is 12.5. The molecule has 7 heteroatoms. The molecular formula is C21H25ClN2O4. The fraction of sp³-hybridized carbons (Fsp3) is 0.381. The lowest BCUT2D eigenvalue weighted by molar-refractivity contribution is -0.130. The summed E-state index contributed by atoms with van der Waals surface area (Å²) in [7, 11) is 0. The standard InChI is InChI=1S/C21H25ClN2O4/c22-17-8-6-16(7-9-17)12-20(26)24-13-19(25)21(27,15-24)14-23-10-11-28-18-4-2-1-3-5-18/h1-9,19,23,25,27H,10-15H2/t19-,21+/m1/s1. The van der Waals surface area contributed by atoms with Crippen molar-refractivity contribution in [3.63, 3.8) is 0 Å². The van der Waals surface area contributed by atoms with Crippen molar-refractivity contribution in [2.75, 3.05) is 32.8 Å². The van der Waals surface area contributed by atoms with Crippen molar-refractivity contribution >= 4 is 17.5 Å². The molecule has 2 aromatic carbocycles. The highest BCUT2D eigenvalue weighted by atomic mass is 35.5. The third kappa shape index (κ3) is 5.45. The predicted molar refractivity (Wildman–Crippen MR) is 107 cm³/mol. The van der Waals surface area contributed by atoms with Gasteiger partial charge in [-0.15, -0.1) is 0 Å². The van der Waals surface area contributed by atoms with Crippen LogP contribution in [0, 0.1) is 0 Å². The number of β-amino-alcohol motifs (C(OH)–C–C–N with tert-alkyl or cyclic N) is 2. The molecule has 150 valence electrons. The molecule has 0 unspecified atom stereocenters. The number of amides is 1. The Morgan fingerprint density at radius 3 is 2.64 bits per heavy atom. The molecule has 6 nitrogen and oxygen atoms in total. The van der Waals surface area contributed by atoms with Gasteiger partial charge in [0.05, 0.1) is 13.0 Å². The van der Waals surface area contributed by atoms with Gasteiger partial charge < -0.3 is 25.2 Å². The van der Waals surface area contributed by atoms with Crippen LogP contribution in [0.4, 0.5) is 0 Å². The zero-order valence-electron chi connectivity index (χ0n) is 15.6. The zero-order chi connectivity index (χ0) is 20.0. The molecule has 3 N–H and O–H groups in total. The predicted octanol–water partition coefficient (Wildman–Crippen LogP) is 1.49. The summed E-state index contributed by atoms with van der Waals surface area (Å²) in [4.78, 5) is 14.0. The number of nitrogens with one attached hydrogen (secondary N) is 1. The molecule has 1 heterocycles. The number of hydrogen-bond acceptors (Lipinski definition) is 5. The average Bonchev–Trinajstić information content (AvgIpc) is 2.99. The summed E-state index contributed by atoms with van der Waals surface area (Å²) in [6.45, 7) is 1.34. The fourth-order valence-electron chi connectivity index (χ4n) is 3.19. The van der Waals surface area contributed by atoms with Gasteiger partial charge in [-0.1, -0.05) is 41.9 Å². The number of carbonyl (C=O) groups is 1. The lowest BCUT2D eigenvalue weighted by Gasteiger charge is -2.26. The van der Waals surface area contributed by atoms with E-state index >= 15 is 0 Å². The highest BCUT2D eigenvalue weighted by Gasteiger charge is 2.45.